The molecule has 0 bridgehead atoms. The molecule has 230 valence electrons. The molecule has 0 saturated heterocycles. The van der Waals surface area contributed by atoms with Crippen molar-refractivity contribution in [2.24, 2.45) is 0 Å². The molecule has 8 atom stereocenters. The van der Waals surface area contributed by atoms with Crippen LogP contribution in [0, 0.1) is 23.7 Å². The van der Waals surface area contributed by atoms with Crippen molar-refractivity contribution < 1.29 is 91.0 Å². The molecule has 0 aromatic carbocycles. The molecule has 0 aromatic heterocycles. The number of rotatable bonds is 15. The summed E-state index contributed by atoms with van der Waals surface area (Å²) in [7, 11) is -16.4. The number of hydrogen-bond acceptors (Lipinski definition) is 14. The first-order valence-corrected chi connectivity index (χ1v) is 15.5. The highest BCUT2D eigenvalue weighted by atomic mass is 31.2. The van der Waals surface area contributed by atoms with Gasteiger partial charge in [0.25, 0.3) is 0 Å². The third kappa shape index (κ3) is 13.6. The van der Waals surface area contributed by atoms with E-state index in [-0.39, 0.29) is 19.4 Å². The van der Waals surface area contributed by atoms with Crippen molar-refractivity contribution >= 4 is 29.4 Å². The largest absolute Gasteiger partial charge is 0.472 e. The number of carbonyl (C=O) groups excluding carboxylic acids is 1. The monoisotopic (exact) mass is 642 g/mol. The highest BCUT2D eigenvalue weighted by molar-refractivity contribution is 7.47. The zero-order valence-electron chi connectivity index (χ0n) is 20.5. The average molecular weight is 642 g/mol. The fourth-order valence-corrected chi connectivity index (χ4v) is 5.29. The molecule has 0 aromatic rings. The van der Waals surface area contributed by atoms with E-state index in [2.05, 4.69) is 31.3 Å². The van der Waals surface area contributed by atoms with E-state index in [9.17, 15) is 38.7 Å². The van der Waals surface area contributed by atoms with Crippen LogP contribution in [0.2, 0.25) is 0 Å². The lowest BCUT2D eigenvalue weighted by Gasteiger charge is -2.44. The fourth-order valence-electron chi connectivity index (χ4n) is 3.19. The summed E-state index contributed by atoms with van der Waals surface area (Å²) in [5, 5.41) is 39.7. The summed E-state index contributed by atoms with van der Waals surface area (Å²) < 4.78 is 62.7. The molecule has 0 spiro atoms. The first-order valence-electron chi connectivity index (χ1n) is 10.9. The Morgan fingerprint density at radius 1 is 0.850 bits per heavy atom. The summed E-state index contributed by atoms with van der Waals surface area (Å²) in [5.41, 5.74) is 0. The van der Waals surface area contributed by atoms with Gasteiger partial charge in [0, 0.05) is 12.5 Å². The van der Waals surface area contributed by atoms with Crippen molar-refractivity contribution in [2.45, 2.75) is 62.5 Å². The minimum absolute atomic E-state index is 0.0119. The Balaban J connectivity index is 3.07. The standard InChI is InChI=1S/C18H29O19P3/c1-2-3-4-7-12(20)34-11(6-5-8-32-10-19)9-33-40(30,31)37-16-13(21)14(22)17(35-38(24,25)26)18(15(16)23)36-39(27,28)29/h11,13-19,21-23H,5-6,8-10H2,1H3,(H,30,31)(H2,24,25,26)(H2,27,28,29)/t11-,13+,14?,15?,16?,17-,18+/m1/s1. The van der Waals surface area contributed by atoms with E-state index in [0.29, 0.717) is 0 Å². The number of phosphoric ester groups is 3. The van der Waals surface area contributed by atoms with E-state index in [1.54, 1.807) is 0 Å². The maximum absolute atomic E-state index is 12.6. The van der Waals surface area contributed by atoms with Crippen LogP contribution >= 0.6 is 23.5 Å². The molecule has 4 unspecified atom stereocenters. The van der Waals surface area contributed by atoms with E-state index in [1.807, 2.05) is 5.92 Å². The molecular weight excluding hydrogens is 613 g/mol. The summed E-state index contributed by atoms with van der Waals surface area (Å²) in [6.45, 7) is -0.0107. The molecule has 1 fully saturated rings. The van der Waals surface area contributed by atoms with Crippen molar-refractivity contribution in [3.05, 3.63) is 0 Å². The quantitative estimate of drug-likeness (QED) is 0.0218. The highest BCUT2D eigenvalue weighted by Crippen LogP contribution is 2.51. The molecule has 1 saturated carbocycles. The number of hydrogen-bond donors (Lipinski definition) is 9. The maximum atomic E-state index is 12.6. The van der Waals surface area contributed by atoms with Crippen LogP contribution in [0.5, 0.6) is 0 Å². The van der Waals surface area contributed by atoms with Crippen LogP contribution in [0.1, 0.15) is 19.8 Å². The summed E-state index contributed by atoms with van der Waals surface area (Å²) in [6.07, 6.45) is -16.0. The third-order valence-corrected chi connectivity index (χ3v) is 6.77. The number of carbonyl (C=O) groups is 1. The summed E-state index contributed by atoms with van der Waals surface area (Å²) in [5.74, 6) is 7.80. The van der Waals surface area contributed by atoms with E-state index in [0.717, 1.165) is 0 Å². The van der Waals surface area contributed by atoms with Gasteiger partial charge in [-0.05, 0) is 31.6 Å². The second-order valence-corrected chi connectivity index (χ2v) is 11.5. The van der Waals surface area contributed by atoms with Crippen LogP contribution in [0.15, 0.2) is 0 Å². The Morgan fingerprint density at radius 3 is 1.93 bits per heavy atom. The van der Waals surface area contributed by atoms with Gasteiger partial charge >= 0.3 is 29.4 Å². The van der Waals surface area contributed by atoms with Gasteiger partial charge in [0.15, 0.2) is 0 Å². The zero-order chi connectivity index (χ0) is 30.7. The predicted molar refractivity (Wildman–Crippen MR) is 126 cm³/mol. The fraction of sp³-hybridized carbons (Fsp3) is 0.722. The van der Waals surface area contributed by atoms with Crippen molar-refractivity contribution in [1.82, 2.24) is 0 Å². The Labute approximate surface area is 227 Å². The van der Waals surface area contributed by atoms with E-state index >= 15 is 0 Å². The third-order valence-electron chi connectivity index (χ3n) is 4.75. The van der Waals surface area contributed by atoms with Gasteiger partial charge in [0.2, 0.25) is 0 Å². The Bertz CT molecular complexity index is 1100. The van der Waals surface area contributed by atoms with Gasteiger partial charge in [-0.1, -0.05) is 5.92 Å². The van der Waals surface area contributed by atoms with Crippen LogP contribution in [-0.4, -0.2) is 114 Å². The summed E-state index contributed by atoms with van der Waals surface area (Å²) in [6, 6.07) is 0. The van der Waals surface area contributed by atoms with Gasteiger partial charge in [-0.2, -0.15) is 0 Å². The minimum atomic E-state index is -5.56. The number of ether oxygens (including phenoxy) is 2. The molecule has 40 heavy (non-hydrogen) atoms. The SMILES string of the molecule is CC#CC#CC(=O)O[C@H](CCCOCO)COP(=O)(O)OC1C(O)[C@H](OP(=O)(O)O)[C@H](OP(=O)(O)O)C(O)[C@@H]1O. The van der Waals surface area contributed by atoms with E-state index in [4.69, 9.17) is 38.7 Å². The van der Waals surface area contributed by atoms with Crippen LogP contribution in [0.4, 0.5) is 0 Å². The maximum Gasteiger partial charge on any atom is 0.472 e. The van der Waals surface area contributed by atoms with Gasteiger partial charge in [-0.3, -0.25) is 18.1 Å². The van der Waals surface area contributed by atoms with E-state index in [1.165, 1.54) is 6.92 Å². The first kappa shape index (κ1) is 36.7. The second kappa shape index (κ2) is 16.4. The van der Waals surface area contributed by atoms with Crippen molar-refractivity contribution in [3.63, 3.8) is 0 Å². The van der Waals surface area contributed by atoms with Gasteiger partial charge in [0.05, 0.1) is 6.61 Å². The molecule has 0 aliphatic heterocycles. The van der Waals surface area contributed by atoms with Crippen molar-refractivity contribution in [2.75, 3.05) is 20.0 Å². The molecule has 0 heterocycles. The predicted octanol–water partition coefficient (Wildman–Crippen LogP) is -2.77. The number of phosphoric acid groups is 3. The molecule has 0 amide bonds. The van der Waals surface area contributed by atoms with E-state index < -0.39 is 85.6 Å². The first-order chi connectivity index (χ1) is 18.4. The van der Waals surface area contributed by atoms with Gasteiger partial charge < -0.3 is 54.4 Å². The Morgan fingerprint density at radius 2 is 1.40 bits per heavy atom. The molecule has 9 N–H and O–H groups in total. The summed E-state index contributed by atoms with van der Waals surface area (Å²) >= 11 is 0. The highest BCUT2D eigenvalue weighted by Gasteiger charge is 2.56. The summed E-state index contributed by atoms with van der Waals surface area (Å²) in [4.78, 5) is 58.2. The Hall–Kier alpha value is -1.28. The second-order valence-electron chi connectivity index (χ2n) is 7.76. The van der Waals surface area contributed by atoms with Gasteiger partial charge in [-0.15, -0.1) is 0 Å². The molecule has 22 heteroatoms. The average Bonchev–Trinajstić information content (AvgIpc) is 2.82. The Kier molecular flexibility index (Phi) is 15.0. The molecular formula is C18H29O19P3. The lowest BCUT2D eigenvalue weighted by atomic mass is 9.85. The molecule has 1 aliphatic carbocycles. The van der Waals surface area contributed by atoms with Crippen molar-refractivity contribution in [1.29, 1.82) is 0 Å². The van der Waals surface area contributed by atoms with Crippen LogP contribution < -0.4 is 0 Å². The van der Waals surface area contributed by atoms with Crippen LogP contribution in [-0.2, 0) is 46.1 Å². The smallest absolute Gasteiger partial charge is 0.450 e. The topological polar surface area (TPSA) is 306 Å². The normalized spacial score (nSPS) is 27.4. The van der Waals surface area contributed by atoms with Gasteiger partial charge in [-0.25, -0.2) is 18.5 Å². The number of aliphatic hydroxyl groups is 4. The lowest BCUT2D eigenvalue weighted by Crippen LogP contribution is -2.65. The lowest BCUT2D eigenvalue weighted by molar-refractivity contribution is -0.213. The minimum Gasteiger partial charge on any atom is -0.450 e. The van der Waals surface area contributed by atoms with Crippen LogP contribution in [0.3, 0.4) is 0 Å². The zero-order valence-corrected chi connectivity index (χ0v) is 23.2. The van der Waals surface area contributed by atoms with Crippen LogP contribution in [0.25, 0.3) is 0 Å². The molecule has 19 nitrogen and oxygen atoms in total. The molecule has 1 aliphatic rings. The molecule has 1 rings (SSSR count). The number of aliphatic hydroxyl groups excluding tert-OH is 4. The number of esters is 1. The van der Waals surface area contributed by atoms with Crippen molar-refractivity contribution in [3.8, 4) is 23.7 Å². The molecule has 0 radical (unpaired) electrons. The van der Waals surface area contributed by atoms with Gasteiger partial charge in [0.1, 0.15) is 49.5 Å².